The Morgan fingerprint density at radius 2 is 0.752 bits per heavy atom. The van der Waals surface area contributed by atoms with E-state index in [1.165, 1.54) is 51.1 Å². The molecule has 0 fully saturated rings. The second kappa shape index (κ2) is 31.5. The van der Waals surface area contributed by atoms with Gasteiger partial charge in [-0.05, 0) is 170 Å². The first-order valence-electron chi connectivity index (χ1n) is 34.8. The molecule has 22 nitrogen and oxygen atoms in total. The van der Waals surface area contributed by atoms with E-state index in [0.29, 0.717) is 91.5 Å². The zero-order valence-electron chi connectivity index (χ0n) is 61.3. The number of aliphatic hydroxyl groups is 2. The van der Waals surface area contributed by atoms with E-state index in [-0.39, 0.29) is 121 Å². The van der Waals surface area contributed by atoms with Gasteiger partial charge < -0.3 is 64.7 Å². The largest absolute Gasteiger partial charge is 0.505 e. The molecule has 3 aromatic heterocycles. The number of nitrogens with zero attached hydrogens (tertiary/aromatic N) is 6. The van der Waals surface area contributed by atoms with Crippen LogP contribution in [0.1, 0.15) is 151 Å². The number of halogens is 3. The molecule has 8 aromatic carbocycles. The lowest BCUT2D eigenvalue weighted by atomic mass is 9.93. The number of aromatic hydroxyl groups is 1. The van der Waals surface area contributed by atoms with Crippen LogP contribution in [0.3, 0.4) is 0 Å². The van der Waals surface area contributed by atoms with Gasteiger partial charge >= 0.3 is 5.97 Å². The first kappa shape index (κ1) is 76.2. The molecule has 0 atom stereocenters. The molecular formula is C84H79F3N8O14. The number of phenolic OH excluding ortho intramolecular Hbond substituents is 1. The molecule has 25 heteroatoms. The lowest BCUT2D eigenvalue weighted by Crippen LogP contribution is -2.46. The molecule has 3 aliphatic rings. The summed E-state index contributed by atoms with van der Waals surface area (Å²) in [5.74, 6) is -2.20. The summed E-state index contributed by atoms with van der Waals surface area (Å²) in [6.45, 7) is 7.14. The molecule has 5 amide bonds. The van der Waals surface area contributed by atoms with Crippen LogP contribution < -0.4 is 29.6 Å². The number of rotatable bonds is 21. The smallest absolute Gasteiger partial charge is 0.336 e. The van der Waals surface area contributed by atoms with Crippen molar-refractivity contribution in [2.24, 2.45) is 0 Å². The lowest BCUT2D eigenvalue weighted by molar-refractivity contribution is 0.0694. The van der Waals surface area contributed by atoms with Crippen LogP contribution >= 0.6 is 0 Å². The predicted octanol–water partition coefficient (Wildman–Crippen LogP) is 12.2. The number of fused-ring (bicyclic) bond motifs is 6. The molecule has 0 spiro atoms. The van der Waals surface area contributed by atoms with Crippen LogP contribution in [-0.2, 0) is 52.1 Å². The van der Waals surface area contributed by atoms with E-state index in [1.807, 2.05) is 54.6 Å². The van der Waals surface area contributed by atoms with E-state index in [4.69, 9.17) is 23.9 Å². The van der Waals surface area contributed by atoms with Gasteiger partial charge in [0.25, 0.3) is 29.5 Å². The molecular weight excluding hydrogens is 1400 g/mol. The first-order valence-corrected chi connectivity index (χ1v) is 34.8. The highest BCUT2D eigenvalue weighted by atomic mass is 19.1. The van der Waals surface area contributed by atoms with Gasteiger partial charge in [-0.3, -0.25) is 38.9 Å². The topological polar surface area (TPSA) is 293 Å². The summed E-state index contributed by atoms with van der Waals surface area (Å²) >= 11 is 0. The van der Waals surface area contributed by atoms with Gasteiger partial charge in [-0.25, -0.2) is 18.0 Å². The summed E-state index contributed by atoms with van der Waals surface area (Å²) in [5.41, 5.74) is 8.32. The summed E-state index contributed by atoms with van der Waals surface area (Å²) in [5, 5.41) is 47.4. The third kappa shape index (κ3) is 16.3. The second-order valence-electron chi connectivity index (χ2n) is 28.4. The van der Waals surface area contributed by atoms with E-state index < -0.39 is 28.9 Å². The van der Waals surface area contributed by atoms with Gasteiger partial charge in [0, 0.05) is 92.2 Å². The van der Waals surface area contributed by atoms with Crippen molar-refractivity contribution in [2.45, 2.75) is 90.9 Å². The number of benzene rings is 8. The van der Waals surface area contributed by atoms with E-state index >= 15 is 0 Å². The quantitative estimate of drug-likeness (QED) is 0.0390. The molecule has 6 heterocycles. The van der Waals surface area contributed by atoms with Crippen LogP contribution in [-0.4, -0.2) is 145 Å². The minimum Gasteiger partial charge on any atom is -0.505 e. The molecule has 0 unspecified atom stereocenters. The average Bonchev–Trinajstić information content (AvgIpc) is 1.66. The number of carboxylic acid groups (broad SMARTS) is 1. The number of pyridine rings is 3. The molecule has 6 N–H and O–H groups in total. The highest BCUT2D eigenvalue weighted by Gasteiger charge is 2.40. The fourth-order valence-electron chi connectivity index (χ4n) is 13.4. The van der Waals surface area contributed by atoms with Crippen LogP contribution in [0.25, 0.3) is 32.7 Å². The van der Waals surface area contributed by atoms with E-state index in [9.17, 15) is 62.4 Å². The number of aromatic nitrogens is 3. The van der Waals surface area contributed by atoms with E-state index in [2.05, 4.69) is 20.6 Å². The van der Waals surface area contributed by atoms with Gasteiger partial charge in [0.1, 0.15) is 58.7 Å². The van der Waals surface area contributed by atoms with E-state index in [1.54, 1.807) is 130 Å². The van der Waals surface area contributed by atoms with Crippen molar-refractivity contribution in [3.63, 3.8) is 0 Å². The Morgan fingerprint density at radius 1 is 0.450 bits per heavy atom. The van der Waals surface area contributed by atoms with Crippen LogP contribution in [0, 0.1) is 17.5 Å². The molecule has 3 aliphatic heterocycles. The molecule has 0 bridgehead atoms. The molecule has 560 valence electrons. The molecule has 0 saturated heterocycles. The summed E-state index contributed by atoms with van der Waals surface area (Å²) in [7, 11) is 8.08. The fourth-order valence-corrected chi connectivity index (χ4v) is 13.4. The maximum Gasteiger partial charge on any atom is 0.336 e. The van der Waals surface area contributed by atoms with Crippen molar-refractivity contribution < 1.29 is 81.3 Å². The maximum absolute atomic E-state index is 13.8. The Morgan fingerprint density at radius 3 is 1.09 bits per heavy atom. The predicted molar refractivity (Wildman–Crippen MR) is 401 cm³/mol. The first-order chi connectivity index (χ1) is 52.1. The Bertz CT molecular complexity index is 5390. The number of methoxy groups -OCH3 is 2. The fraction of sp³-hybridized carbons (Fsp3) is 0.250. The van der Waals surface area contributed by atoms with Crippen molar-refractivity contribution in [2.75, 3.05) is 48.6 Å². The number of phenols is 1. The zero-order chi connectivity index (χ0) is 77.9. The normalized spacial score (nSPS) is 13.0. The summed E-state index contributed by atoms with van der Waals surface area (Å²) in [6, 6.07) is 38.6. The number of carbonyl (C=O) groups is 6. The van der Waals surface area contributed by atoms with Gasteiger partial charge in [0.05, 0.1) is 71.9 Å². The Hall–Kier alpha value is -12.5. The number of carbonyl (C=O) groups excluding carboxylic acids is 5. The van der Waals surface area contributed by atoms with Gasteiger partial charge in [-0.15, -0.1) is 0 Å². The number of nitrogens with one attached hydrogen (secondary N) is 2. The van der Waals surface area contributed by atoms with Crippen molar-refractivity contribution >= 4 is 68.2 Å². The Labute approximate surface area is 625 Å². The van der Waals surface area contributed by atoms with Crippen molar-refractivity contribution in [1.29, 1.82) is 0 Å². The standard InChI is InChI=1S/C32H32FN3O5.C28H23FN2O5.C24H24FN3O4/c1-32(2,18-37)35-30(38)26-24-14-21(13-19-5-9-22(33)10-6-19)15-34-28(24)29(27-25(26)16-36(3)31(27)39)41-17-20-7-11-23(40-4)12-8-20;1-31-14-22-23(28(33)34)21-12-18(11-16-3-7-19(29)8-4-16)13-30-25(21)26(24(22)27(31)32)36-15-17-5-9-20(35-2)10-6-17;1-24(2,12-29)27-22(31)18-16-9-14(8-13-4-6-15(25)7-5-13)10-26-20(16)21(30)19-17(18)11-28(3)23(19)32/h5-12,14-15,37H,13,16-18H2,1-4H3,(H,35,38);3-10,12-13H,11,14-15H2,1-2H3,(H,33,34);4-7,9-10,29-30H,8,11-12H2,1-3H3,(H,27,31). The average molecular weight is 1480 g/mol. The number of ether oxygens (including phenoxy) is 4. The van der Waals surface area contributed by atoms with Gasteiger partial charge in [0.2, 0.25) is 0 Å². The van der Waals surface area contributed by atoms with Crippen molar-refractivity contribution in [1.82, 2.24) is 40.3 Å². The van der Waals surface area contributed by atoms with Gasteiger partial charge in [0.15, 0.2) is 17.2 Å². The molecule has 14 rings (SSSR count). The Balaban J connectivity index is 0.000000154. The zero-order valence-corrected chi connectivity index (χ0v) is 61.3. The third-order valence-corrected chi connectivity index (χ3v) is 19.1. The van der Waals surface area contributed by atoms with Crippen molar-refractivity contribution in [3.8, 4) is 28.7 Å². The van der Waals surface area contributed by atoms with Crippen LogP contribution in [0.4, 0.5) is 13.2 Å². The third-order valence-electron chi connectivity index (χ3n) is 19.1. The molecule has 0 radical (unpaired) electrons. The van der Waals surface area contributed by atoms with Gasteiger partial charge in [-0.1, -0.05) is 60.7 Å². The summed E-state index contributed by atoms with van der Waals surface area (Å²) < 4.78 is 62.9. The minimum atomic E-state index is -1.14. The summed E-state index contributed by atoms with van der Waals surface area (Å²) in [6.07, 6.45) is 6.24. The second-order valence-corrected chi connectivity index (χ2v) is 28.4. The maximum atomic E-state index is 13.8. The van der Waals surface area contributed by atoms with Crippen LogP contribution in [0.2, 0.25) is 0 Å². The molecule has 109 heavy (non-hydrogen) atoms. The number of hydrogen-bond donors (Lipinski definition) is 6. The number of hydrogen-bond acceptors (Lipinski definition) is 16. The van der Waals surface area contributed by atoms with Crippen LogP contribution in [0.15, 0.2) is 158 Å². The number of amides is 5. The van der Waals surface area contributed by atoms with Gasteiger partial charge in [-0.2, -0.15) is 0 Å². The number of aromatic carboxylic acids is 1. The molecule has 0 saturated carbocycles. The number of carboxylic acids is 1. The van der Waals surface area contributed by atoms with Crippen molar-refractivity contribution in [3.05, 3.63) is 270 Å². The highest BCUT2D eigenvalue weighted by Crippen LogP contribution is 2.44. The molecule has 11 aromatic rings. The minimum absolute atomic E-state index is 0.0444. The van der Waals surface area contributed by atoms with E-state index in [0.717, 1.165) is 44.5 Å². The monoisotopic (exact) mass is 1480 g/mol. The Kier molecular flexibility index (Phi) is 22.0. The SMILES string of the molecule is CN1Cc2c(c(O)c3ncc(Cc4ccc(F)cc4)cc3c2C(=O)NC(C)(C)CO)C1=O.COc1ccc(COc2c3c(c(C(=O)NC(C)(C)CO)c4cc(Cc5ccc(F)cc5)cnc24)CN(C)C3=O)cc1.COc1ccc(COc2c3c(c(C(=O)O)c4cc(Cc5ccc(F)cc5)cnc24)CN(C)C3=O)cc1. The lowest BCUT2D eigenvalue weighted by Gasteiger charge is -2.25. The molecule has 0 aliphatic carbocycles. The highest BCUT2D eigenvalue weighted by molar-refractivity contribution is 6.18. The van der Waals surface area contributed by atoms with Crippen LogP contribution in [0.5, 0.6) is 28.7 Å². The summed E-state index contributed by atoms with van der Waals surface area (Å²) in [4.78, 5) is 96.7. The number of aliphatic hydroxyl groups excluding tert-OH is 2.